The van der Waals surface area contributed by atoms with E-state index in [0.29, 0.717) is 24.5 Å². The van der Waals surface area contributed by atoms with Gasteiger partial charge in [0.1, 0.15) is 17.5 Å². The van der Waals surface area contributed by atoms with Gasteiger partial charge in [-0.05, 0) is 39.1 Å². The van der Waals surface area contributed by atoms with E-state index >= 15 is 0 Å². The first-order valence-electron chi connectivity index (χ1n) is 11.4. The molecule has 2 aliphatic heterocycles. The fraction of sp³-hybridized carbons (Fsp3) is 0.417. The molecule has 0 aliphatic carbocycles. The monoisotopic (exact) mass is 446 g/mol. The van der Waals surface area contributed by atoms with Gasteiger partial charge in [-0.15, -0.1) is 0 Å². The van der Waals surface area contributed by atoms with E-state index in [1.807, 2.05) is 44.6 Å². The lowest BCUT2D eigenvalue weighted by atomic mass is 10.1. The maximum Gasteiger partial charge on any atom is 0.260 e. The summed E-state index contributed by atoms with van der Waals surface area (Å²) in [6, 6.07) is 8.03. The Labute approximate surface area is 193 Å². The lowest BCUT2D eigenvalue weighted by Crippen LogP contribution is -2.28. The Morgan fingerprint density at radius 2 is 2.12 bits per heavy atom. The molecular formula is C24H30N8O. The first-order chi connectivity index (χ1) is 16.0. The summed E-state index contributed by atoms with van der Waals surface area (Å²) < 4.78 is 2.20. The Balaban J connectivity index is 1.51. The molecule has 0 bridgehead atoms. The number of nitrogens with one attached hydrogen (secondary N) is 2. The third kappa shape index (κ3) is 3.77. The second-order valence-corrected chi connectivity index (χ2v) is 8.85. The molecule has 2 aliphatic rings. The Morgan fingerprint density at radius 1 is 1.27 bits per heavy atom. The molecule has 0 aromatic carbocycles. The zero-order valence-electron chi connectivity index (χ0n) is 19.6. The first-order valence-corrected chi connectivity index (χ1v) is 11.4. The van der Waals surface area contributed by atoms with Gasteiger partial charge in [0.15, 0.2) is 0 Å². The van der Waals surface area contributed by atoms with Gasteiger partial charge in [0, 0.05) is 38.3 Å². The molecule has 5 heterocycles. The standard InChI is InChI=1S/C24H30N8O/c1-15(2)30(4)22-10-16-17(19(29-22)11-25-3)14-32(24(16)33)21-7-5-6-18(28-21)20-12-27-23-13-26-8-9-31(20)23/h5-7,10,12,15,25-26H,8-9,11,13-14H2,1-4H3. The minimum atomic E-state index is -0.0349. The van der Waals surface area contributed by atoms with Gasteiger partial charge in [-0.1, -0.05) is 6.07 Å². The summed E-state index contributed by atoms with van der Waals surface area (Å²) in [7, 11) is 3.90. The smallest absolute Gasteiger partial charge is 0.260 e. The van der Waals surface area contributed by atoms with Crippen molar-refractivity contribution in [1.82, 2.24) is 30.2 Å². The highest BCUT2D eigenvalue weighted by Gasteiger charge is 2.33. The summed E-state index contributed by atoms with van der Waals surface area (Å²) in [6.07, 6.45) is 1.87. The third-order valence-corrected chi connectivity index (χ3v) is 6.48. The van der Waals surface area contributed by atoms with Crippen LogP contribution >= 0.6 is 0 Å². The third-order valence-electron chi connectivity index (χ3n) is 6.48. The molecular weight excluding hydrogens is 416 g/mol. The van der Waals surface area contributed by atoms with Gasteiger partial charge in [0.2, 0.25) is 0 Å². The summed E-state index contributed by atoms with van der Waals surface area (Å²) in [5.74, 6) is 2.43. The highest BCUT2D eigenvalue weighted by molar-refractivity contribution is 6.10. The molecule has 172 valence electrons. The number of pyridine rings is 2. The predicted octanol–water partition coefficient (Wildman–Crippen LogP) is 2.17. The summed E-state index contributed by atoms with van der Waals surface area (Å²) in [5.41, 5.74) is 4.39. The van der Waals surface area contributed by atoms with Crippen LogP contribution in [0.25, 0.3) is 11.4 Å². The van der Waals surface area contributed by atoms with Gasteiger partial charge < -0.3 is 20.1 Å². The Kier molecular flexibility index (Phi) is 5.59. The summed E-state index contributed by atoms with van der Waals surface area (Å²) in [4.78, 5) is 31.7. The average Bonchev–Trinajstić information content (AvgIpc) is 3.40. The van der Waals surface area contributed by atoms with Gasteiger partial charge in [-0.25, -0.2) is 15.0 Å². The molecule has 0 saturated carbocycles. The Morgan fingerprint density at radius 3 is 2.91 bits per heavy atom. The summed E-state index contributed by atoms with van der Waals surface area (Å²) >= 11 is 0. The molecule has 1 amide bonds. The minimum Gasteiger partial charge on any atom is -0.357 e. The van der Waals surface area contributed by atoms with Gasteiger partial charge in [-0.3, -0.25) is 9.69 Å². The SMILES string of the molecule is CNCc1nc(N(C)C(C)C)cc2c1CN(c1cccc(-c3cnc4n3CCNC4)n1)C2=O. The number of carbonyl (C=O) groups is 1. The topological polar surface area (TPSA) is 91.2 Å². The van der Waals surface area contributed by atoms with Crippen molar-refractivity contribution in [2.45, 2.75) is 46.1 Å². The minimum absolute atomic E-state index is 0.0349. The molecule has 0 fully saturated rings. The number of hydrogen-bond acceptors (Lipinski definition) is 7. The normalized spacial score (nSPS) is 15.2. The van der Waals surface area contributed by atoms with E-state index in [9.17, 15) is 4.79 Å². The fourth-order valence-electron chi connectivity index (χ4n) is 4.41. The molecule has 0 saturated heterocycles. The lowest BCUT2D eigenvalue weighted by Gasteiger charge is -2.24. The van der Waals surface area contributed by atoms with Crippen molar-refractivity contribution in [2.75, 3.05) is 30.4 Å². The van der Waals surface area contributed by atoms with Crippen LogP contribution in [0.5, 0.6) is 0 Å². The zero-order valence-corrected chi connectivity index (χ0v) is 19.6. The molecule has 0 unspecified atom stereocenters. The van der Waals surface area contributed by atoms with Gasteiger partial charge in [0.25, 0.3) is 5.91 Å². The number of anilines is 2. The number of rotatable bonds is 6. The van der Waals surface area contributed by atoms with Crippen LogP contribution in [-0.4, -0.2) is 52.1 Å². The number of imidazole rings is 1. The van der Waals surface area contributed by atoms with Crippen molar-refractivity contribution in [3.63, 3.8) is 0 Å². The molecule has 3 aromatic rings. The number of hydrogen-bond donors (Lipinski definition) is 2. The van der Waals surface area contributed by atoms with Crippen molar-refractivity contribution in [1.29, 1.82) is 0 Å². The van der Waals surface area contributed by atoms with Gasteiger partial charge in [0.05, 0.1) is 41.9 Å². The van der Waals surface area contributed by atoms with Crippen LogP contribution in [0, 0.1) is 0 Å². The highest BCUT2D eigenvalue weighted by atomic mass is 16.2. The molecule has 5 rings (SSSR count). The quantitative estimate of drug-likeness (QED) is 0.600. The Hall–Kier alpha value is -3.30. The second kappa shape index (κ2) is 8.57. The van der Waals surface area contributed by atoms with Gasteiger partial charge >= 0.3 is 0 Å². The Bertz CT molecular complexity index is 1200. The average molecular weight is 447 g/mol. The van der Waals surface area contributed by atoms with E-state index < -0.39 is 0 Å². The van der Waals surface area contributed by atoms with Crippen molar-refractivity contribution < 1.29 is 4.79 Å². The molecule has 9 nitrogen and oxygen atoms in total. The number of aromatic nitrogens is 4. The van der Waals surface area contributed by atoms with Crippen LogP contribution in [0.15, 0.2) is 30.5 Å². The molecule has 33 heavy (non-hydrogen) atoms. The summed E-state index contributed by atoms with van der Waals surface area (Å²) in [5, 5.41) is 6.54. The molecule has 0 atom stereocenters. The number of amides is 1. The van der Waals surface area contributed by atoms with Crippen LogP contribution in [0.2, 0.25) is 0 Å². The van der Waals surface area contributed by atoms with Crippen LogP contribution in [0.4, 0.5) is 11.6 Å². The predicted molar refractivity (Wildman–Crippen MR) is 128 cm³/mol. The molecule has 3 aromatic heterocycles. The van der Waals surface area contributed by atoms with Crippen molar-refractivity contribution in [3.8, 4) is 11.4 Å². The van der Waals surface area contributed by atoms with Crippen molar-refractivity contribution >= 4 is 17.5 Å². The lowest BCUT2D eigenvalue weighted by molar-refractivity contribution is 0.0996. The van der Waals surface area contributed by atoms with E-state index in [0.717, 1.165) is 53.9 Å². The van der Waals surface area contributed by atoms with E-state index in [1.54, 1.807) is 4.90 Å². The fourth-order valence-corrected chi connectivity index (χ4v) is 4.41. The molecule has 2 N–H and O–H groups in total. The molecule has 0 radical (unpaired) electrons. The van der Waals surface area contributed by atoms with E-state index in [2.05, 4.69) is 38.9 Å². The van der Waals surface area contributed by atoms with E-state index in [4.69, 9.17) is 9.97 Å². The second-order valence-electron chi connectivity index (χ2n) is 8.85. The zero-order chi connectivity index (χ0) is 23.1. The maximum absolute atomic E-state index is 13.5. The van der Waals surface area contributed by atoms with Crippen LogP contribution < -0.4 is 20.4 Å². The van der Waals surface area contributed by atoms with E-state index in [1.165, 1.54) is 0 Å². The molecule has 0 spiro atoms. The number of fused-ring (bicyclic) bond motifs is 2. The largest absolute Gasteiger partial charge is 0.357 e. The summed E-state index contributed by atoms with van der Waals surface area (Å²) in [6.45, 7) is 7.82. The van der Waals surface area contributed by atoms with Gasteiger partial charge in [-0.2, -0.15) is 0 Å². The van der Waals surface area contributed by atoms with E-state index in [-0.39, 0.29) is 11.9 Å². The molecule has 9 heteroatoms. The maximum atomic E-state index is 13.5. The van der Waals surface area contributed by atoms with Crippen LogP contribution in [0.1, 0.15) is 41.3 Å². The first kappa shape index (κ1) is 21.5. The van der Waals surface area contributed by atoms with Crippen molar-refractivity contribution in [3.05, 3.63) is 53.1 Å². The number of nitrogens with zero attached hydrogens (tertiary/aromatic N) is 6. The van der Waals surface area contributed by atoms with Crippen molar-refractivity contribution in [2.24, 2.45) is 0 Å². The van der Waals surface area contributed by atoms with Crippen LogP contribution in [0.3, 0.4) is 0 Å². The van der Waals surface area contributed by atoms with Crippen LogP contribution in [-0.2, 0) is 26.2 Å². The highest BCUT2D eigenvalue weighted by Crippen LogP contribution is 2.33. The number of carbonyl (C=O) groups excluding carboxylic acids is 1.